The summed E-state index contributed by atoms with van der Waals surface area (Å²) in [5, 5.41) is 0. The SMILES string of the molecule is CC.Cc1ccccc1C(=O)c1ccc2c(c1)C(C)(C)c1ccccc1-2. The van der Waals surface area contributed by atoms with Crippen molar-refractivity contribution in [2.75, 3.05) is 0 Å². The van der Waals surface area contributed by atoms with Gasteiger partial charge in [0.15, 0.2) is 5.78 Å². The molecule has 0 saturated heterocycles. The molecule has 0 aromatic heterocycles. The standard InChI is InChI=1S/C23H20O.C2H6/c1-15-8-4-5-9-17(15)22(24)16-12-13-19-18-10-6-7-11-20(18)23(2,3)21(19)14-16;1-2/h4-14H,1-3H3;1-2H3. The zero-order valence-corrected chi connectivity index (χ0v) is 16.3. The van der Waals surface area contributed by atoms with Gasteiger partial charge in [0.25, 0.3) is 0 Å². The second-order valence-electron chi connectivity index (χ2n) is 7.07. The highest BCUT2D eigenvalue weighted by Crippen LogP contribution is 2.48. The number of carbonyl (C=O) groups is 1. The average molecular weight is 342 g/mol. The van der Waals surface area contributed by atoms with Gasteiger partial charge in [-0.3, -0.25) is 4.79 Å². The molecule has 132 valence electrons. The molecule has 0 heterocycles. The van der Waals surface area contributed by atoms with E-state index < -0.39 is 0 Å². The quantitative estimate of drug-likeness (QED) is 0.482. The molecule has 0 spiro atoms. The van der Waals surface area contributed by atoms with E-state index in [0.29, 0.717) is 0 Å². The van der Waals surface area contributed by atoms with Crippen molar-refractivity contribution in [1.82, 2.24) is 0 Å². The molecule has 3 aromatic carbocycles. The summed E-state index contributed by atoms with van der Waals surface area (Å²) in [5.41, 5.74) is 7.60. The van der Waals surface area contributed by atoms with Gasteiger partial charge in [-0.2, -0.15) is 0 Å². The topological polar surface area (TPSA) is 17.1 Å². The van der Waals surface area contributed by atoms with Crippen molar-refractivity contribution in [2.24, 2.45) is 0 Å². The van der Waals surface area contributed by atoms with Gasteiger partial charge in [0.1, 0.15) is 0 Å². The second-order valence-corrected chi connectivity index (χ2v) is 7.07. The van der Waals surface area contributed by atoms with Crippen molar-refractivity contribution in [3.05, 3.63) is 94.5 Å². The zero-order valence-electron chi connectivity index (χ0n) is 16.3. The fourth-order valence-corrected chi connectivity index (χ4v) is 3.83. The molecule has 0 N–H and O–H groups in total. The van der Waals surface area contributed by atoms with Crippen molar-refractivity contribution >= 4 is 5.78 Å². The molecule has 0 bridgehead atoms. The van der Waals surface area contributed by atoms with Crippen LogP contribution in [0.2, 0.25) is 0 Å². The van der Waals surface area contributed by atoms with Crippen LogP contribution >= 0.6 is 0 Å². The van der Waals surface area contributed by atoms with Crippen LogP contribution in [0.15, 0.2) is 66.7 Å². The summed E-state index contributed by atoms with van der Waals surface area (Å²) in [6.45, 7) is 10.5. The van der Waals surface area contributed by atoms with E-state index in [1.807, 2.05) is 51.1 Å². The maximum atomic E-state index is 13.0. The number of hydrogen-bond acceptors (Lipinski definition) is 1. The number of hydrogen-bond donors (Lipinski definition) is 0. The van der Waals surface area contributed by atoms with Gasteiger partial charge in [-0.25, -0.2) is 0 Å². The summed E-state index contributed by atoms with van der Waals surface area (Å²) in [6, 6.07) is 22.5. The van der Waals surface area contributed by atoms with E-state index in [1.54, 1.807) is 0 Å². The van der Waals surface area contributed by atoms with E-state index in [2.05, 4.69) is 50.2 Å². The van der Waals surface area contributed by atoms with E-state index in [1.165, 1.54) is 22.3 Å². The predicted molar refractivity (Wildman–Crippen MR) is 110 cm³/mol. The lowest BCUT2D eigenvalue weighted by Crippen LogP contribution is -2.16. The largest absolute Gasteiger partial charge is 0.289 e. The Labute approximate surface area is 156 Å². The van der Waals surface area contributed by atoms with Crippen LogP contribution < -0.4 is 0 Å². The first-order valence-corrected chi connectivity index (χ1v) is 9.35. The van der Waals surface area contributed by atoms with E-state index >= 15 is 0 Å². The summed E-state index contributed by atoms with van der Waals surface area (Å²) in [5.74, 6) is 0.0997. The summed E-state index contributed by atoms with van der Waals surface area (Å²) >= 11 is 0. The van der Waals surface area contributed by atoms with Gasteiger partial charge in [0, 0.05) is 16.5 Å². The fourth-order valence-electron chi connectivity index (χ4n) is 3.83. The first-order chi connectivity index (χ1) is 12.5. The minimum Gasteiger partial charge on any atom is -0.289 e. The summed E-state index contributed by atoms with van der Waals surface area (Å²) in [4.78, 5) is 13.0. The lowest BCUT2D eigenvalue weighted by atomic mass is 9.81. The van der Waals surface area contributed by atoms with Gasteiger partial charge in [0.05, 0.1) is 0 Å². The molecule has 0 atom stereocenters. The molecular weight excluding hydrogens is 316 g/mol. The minimum absolute atomic E-state index is 0.0754. The third-order valence-electron chi connectivity index (χ3n) is 5.24. The summed E-state index contributed by atoms with van der Waals surface area (Å²) < 4.78 is 0. The molecule has 0 amide bonds. The zero-order chi connectivity index (χ0) is 18.9. The molecule has 1 heteroatoms. The highest BCUT2D eigenvalue weighted by Gasteiger charge is 2.35. The predicted octanol–water partition coefficient (Wildman–Crippen LogP) is 6.56. The van der Waals surface area contributed by atoms with E-state index in [9.17, 15) is 4.79 Å². The van der Waals surface area contributed by atoms with Crippen molar-refractivity contribution in [1.29, 1.82) is 0 Å². The van der Waals surface area contributed by atoms with Crippen LogP contribution in [-0.2, 0) is 5.41 Å². The molecule has 1 aliphatic carbocycles. The lowest BCUT2D eigenvalue weighted by molar-refractivity contribution is 0.103. The van der Waals surface area contributed by atoms with Gasteiger partial charge >= 0.3 is 0 Å². The Bertz CT molecular complexity index is 963. The number of benzene rings is 3. The Balaban J connectivity index is 0.000000948. The molecule has 0 radical (unpaired) electrons. The van der Waals surface area contributed by atoms with Crippen molar-refractivity contribution in [3.63, 3.8) is 0 Å². The Morgan fingerprint density at radius 1 is 0.769 bits per heavy atom. The molecule has 3 aromatic rings. The second kappa shape index (κ2) is 6.92. The third-order valence-corrected chi connectivity index (χ3v) is 5.24. The maximum absolute atomic E-state index is 13.0. The summed E-state index contributed by atoms with van der Waals surface area (Å²) in [7, 11) is 0. The first kappa shape index (κ1) is 18.1. The monoisotopic (exact) mass is 342 g/mol. The first-order valence-electron chi connectivity index (χ1n) is 9.35. The Morgan fingerprint density at radius 2 is 1.38 bits per heavy atom. The van der Waals surface area contributed by atoms with Crippen LogP contribution in [0.25, 0.3) is 11.1 Å². The van der Waals surface area contributed by atoms with E-state index in [4.69, 9.17) is 0 Å². The molecule has 0 saturated carbocycles. The van der Waals surface area contributed by atoms with Crippen LogP contribution in [-0.4, -0.2) is 5.78 Å². The number of ketones is 1. The van der Waals surface area contributed by atoms with Gasteiger partial charge in [-0.15, -0.1) is 0 Å². The Kier molecular flexibility index (Phi) is 4.82. The Morgan fingerprint density at radius 3 is 2.12 bits per heavy atom. The number of carbonyl (C=O) groups excluding carboxylic acids is 1. The maximum Gasteiger partial charge on any atom is 0.193 e. The number of aryl methyl sites for hydroxylation is 1. The molecule has 0 aliphatic heterocycles. The van der Waals surface area contributed by atoms with E-state index in [0.717, 1.165) is 16.7 Å². The molecule has 0 unspecified atom stereocenters. The van der Waals surface area contributed by atoms with Crippen LogP contribution in [0.1, 0.15) is 60.3 Å². The molecule has 1 aliphatic rings. The molecule has 0 fully saturated rings. The van der Waals surface area contributed by atoms with E-state index in [-0.39, 0.29) is 11.2 Å². The molecular formula is C25H26O. The fraction of sp³-hybridized carbons (Fsp3) is 0.240. The lowest BCUT2D eigenvalue weighted by Gasteiger charge is -2.21. The van der Waals surface area contributed by atoms with Crippen LogP contribution in [0.4, 0.5) is 0 Å². The minimum atomic E-state index is -0.0754. The van der Waals surface area contributed by atoms with Crippen LogP contribution in [0.5, 0.6) is 0 Å². The van der Waals surface area contributed by atoms with Crippen LogP contribution in [0, 0.1) is 6.92 Å². The normalized spacial score (nSPS) is 13.3. The van der Waals surface area contributed by atoms with Crippen molar-refractivity contribution in [2.45, 2.75) is 40.0 Å². The number of rotatable bonds is 2. The molecule has 1 nitrogen and oxygen atoms in total. The number of fused-ring (bicyclic) bond motifs is 3. The van der Waals surface area contributed by atoms with Gasteiger partial charge in [0.2, 0.25) is 0 Å². The van der Waals surface area contributed by atoms with Crippen molar-refractivity contribution < 1.29 is 4.79 Å². The van der Waals surface area contributed by atoms with Gasteiger partial charge in [-0.1, -0.05) is 88.4 Å². The molecule has 4 rings (SSSR count). The Hall–Kier alpha value is -2.67. The highest BCUT2D eigenvalue weighted by atomic mass is 16.1. The van der Waals surface area contributed by atoms with Crippen molar-refractivity contribution in [3.8, 4) is 11.1 Å². The van der Waals surface area contributed by atoms with Crippen LogP contribution in [0.3, 0.4) is 0 Å². The smallest absolute Gasteiger partial charge is 0.193 e. The van der Waals surface area contributed by atoms with Gasteiger partial charge < -0.3 is 0 Å². The van der Waals surface area contributed by atoms with Gasteiger partial charge in [-0.05, 0) is 40.8 Å². The summed E-state index contributed by atoms with van der Waals surface area (Å²) in [6.07, 6.45) is 0. The molecule has 26 heavy (non-hydrogen) atoms. The highest BCUT2D eigenvalue weighted by molar-refractivity contribution is 6.10. The average Bonchev–Trinajstić information content (AvgIpc) is 2.91. The third kappa shape index (κ3) is 2.78.